The molecular formula is C12H22N2O3. The SMILES string of the molecule is CC(=O)NC(C(=O)NOC1CCCC1)C(C)C. The molecule has 5 heteroatoms. The van der Waals surface area contributed by atoms with Crippen molar-refractivity contribution in [2.75, 3.05) is 0 Å². The fourth-order valence-electron chi connectivity index (χ4n) is 1.97. The van der Waals surface area contributed by atoms with E-state index in [1.165, 1.54) is 6.92 Å². The van der Waals surface area contributed by atoms with Crippen molar-refractivity contribution in [2.24, 2.45) is 5.92 Å². The van der Waals surface area contributed by atoms with Crippen molar-refractivity contribution in [1.82, 2.24) is 10.8 Å². The van der Waals surface area contributed by atoms with Crippen LogP contribution in [0.3, 0.4) is 0 Å². The van der Waals surface area contributed by atoms with Crippen LogP contribution in [0, 0.1) is 5.92 Å². The lowest BCUT2D eigenvalue weighted by Crippen LogP contribution is -2.49. The van der Waals surface area contributed by atoms with E-state index >= 15 is 0 Å². The Bertz CT molecular complexity index is 273. The molecule has 0 saturated heterocycles. The summed E-state index contributed by atoms with van der Waals surface area (Å²) in [6.07, 6.45) is 4.42. The van der Waals surface area contributed by atoms with Crippen LogP contribution in [-0.2, 0) is 14.4 Å². The van der Waals surface area contributed by atoms with E-state index < -0.39 is 6.04 Å². The fraction of sp³-hybridized carbons (Fsp3) is 0.833. The van der Waals surface area contributed by atoms with Crippen LogP contribution in [0.4, 0.5) is 0 Å². The van der Waals surface area contributed by atoms with Crippen LogP contribution in [0.2, 0.25) is 0 Å². The van der Waals surface area contributed by atoms with Gasteiger partial charge in [-0.15, -0.1) is 0 Å². The molecule has 0 aromatic carbocycles. The van der Waals surface area contributed by atoms with Crippen molar-refractivity contribution in [3.8, 4) is 0 Å². The van der Waals surface area contributed by atoms with Crippen LogP contribution < -0.4 is 10.8 Å². The Hall–Kier alpha value is -1.10. The molecule has 0 radical (unpaired) electrons. The predicted octanol–water partition coefficient (Wildman–Crippen LogP) is 1.14. The van der Waals surface area contributed by atoms with Gasteiger partial charge in [-0.05, 0) is 18.8 Å². The third kappa shape index (κ3) is 4.73. The highest BCUT2D eigenvalue weighted by Crippen LogP contribution is 2.19. The van der Waals surface area contributed by atoms with E-state index in [-0.39, 0.29) is 23.8 Å². The van der Waals surface area contributed by atoms with Crippen molar-refractivity contribution >= 4 is 11.8 Å². The van der Waals surface area contributed by atoms with Crippen LogP contribution in [0.25, 0.3) is 0 Å². The molecule has 17 heavy (non-hydrogen) atoms. The summed E-state index contributed by atoms with van der Waals surface area (Å²) in [6.45, 7) is 5.17. The van der Waals surface area contributed by atoms with Gasteiger partial charge in [0.15, 0.2) is 0 Å². The standard InChI is InChI=1S/C12H22N2O3/c1-8(2)11(13-9(3)15)12(16)14-17-10-6-4-5-7-10/h8,10-11H,4-7H2,1-3H3,(H,13,15)(H,14,16). The Morgan fingerprint density at radius 1 is 1.24 bits per heavy atom. The first kappa shape index (κ1) is 14.0. The van der Waals surface area contributed by atoms with E-state index in [1.807, 2.05) is 13.8 Å². The van der Waals surface area contributed by atoms with Gasteiger partial charge in [0, 0.05) is 6.92 Å². The van der Waals surface area contributed by atoms with E-state index in [1.54, 1.807) is 0 Å². The molecule has 98 valence electrons. The number of hydrogen-bond acceptors (Lipinski definition) is 3. The largest absolute Gasteiger partial charge is 0.344 e. The zero-order chi connectivity index (χ0) is 12.8. The molecule has 1 unspecified atom stereocenters. The smallest absolute Gasteiger partial charge is 0.266 e. The third-order valence-corrected chi connectivity index (χ3v) is 2.94. The summed E-state index contributed by atoms with van der Waals surface area (Å²) >= 11 is 0. The maximum Gasteiger partial charge on any atom is 0.266 e. The number of amides is 2. The first-order valence-corrected chi connectivity index (χ1v) is 6.23. The average Bonchev–Trinajstić information content (AvgIpc) is 2.74. The minimum absolute atomic E-state index is 0.0334. The minimum Gasteiger partial charge on any atom is -0.344 e. The molecule has 0 heterocycles. The highest BCUT2D eigenvalue weighted by atomic mass is 16.7. The van der Waals surface area contributed by atoms with Crippen LogP contribution in [-0.4, -0.2) is 24.0 Å². The minimum atomic E-state index is -0.533. The molecule has 0 aromatic heterocycles. The Kier molecular flexibility index (Phi) is 5.41. The fourth-order valence-corrected chi connectivity index (χ4v) is 1.97. The molecular weight excluding hydrogens is 220 g/mol. The lowest BCUT2D eigenvalue weighted by molar-refractivity contribution is -0.143. The molecule has 2 N–H and O–H groups in total. The summed E-state index contributed by atoms with van der Waals surface area (Å²) in [7, 11) is 0. The summed E-state index contributed by atoms with van der Waals surface area (Å²) in [5, 5.41) is 2.62. The van der Waals surface area contributed by atoms with Crippen molar-refractivity contribution in [1.29, 1.82) is 0 Å². The van der Waals surface area contributed by atoms with Crippen molar-refractivity contribution in [2.45, 2.75) is 58.6 Å². The van der Waals surface area contributed by atoms with Gasteiger partial charge < -0.3 is 5.32 Å². The Balaban J connectivity index is 2.38. The van der Waals surface area contributed by atoms with Gasteiger partial charge in [-0.2, -0.15) is 0 Å². The highest BCUT2D eigenvalue weighted by Gasteiger charge is 2.24. The van der Waals surface area contributed by atoms with Gasteiger partial charge in [-0.1, -0.05) is 26.7 Å². The van der Waals surface area contributed by atoms with Crippen molar-refractivity contribution in [3.63, 3.8) is 0 Å². The number of rotatable bonds is 5. The monoisotopic (exact) mass is 242 g/mol. The maximum absolute atomic E-state index is 11.8. The van der Waals surface area contributed by atoms with E-state index in [0.717, 1.165) is 25.7 Å². The molecule has 1 saturated carbocycles. The topological polar surface area (TPSA) is 67.4 Å². The normalized spacial score (nSPS) is 18.1. The zero-order valence-electron chi connectivity index (χ0n) is 10.8. The summed E-state index contributed by atoms with van der Waals surface area (Å²) in [4.78, 5) is 28.1. The Morgan fingerprint density at radius 3 is 2.29 bits per heavy atom. The quantitative estimate of drug-likeness (QED) is 0.710. The van der Waals surface area contributed by atoms with Crippen molar-refractivity contribution < 1.29 is 14.4 Å². The highest BCUT2D eigenvalue weighted by molar-refractivity contribution is 5.86. The number of nitrogens with one attached hydrogen (secondary N) is 2. The molecule has 5 nitrogen and oxygen atoms in total. The van der Waals surface area contributed by atoms with Gasteiger partial charge in [0.05, 0.1) is 6.10 Å². The average molecular weight is 242 g/mol. The number of hydroxylamine groups is 1. The molecule has 0 aliphatic heterocycles. The maximum atomic E-state index is 11.8. The van der Waals surface area contributed by atoms with Crippen LogP contribution >= 0.6 is 0 Å². The molecule has 1 rings (SSSR count). The summed E-state index contributed by atoms with van der Waals surface area (Å²) < 4.78 is 0. The summed E-state index contributed by atoms with van der Waals surface area (Å²) in [5.41, 5.74) is 2.46. The predicted molar refractivity (Wildman–Crippen MR) is 63.9 cm³/mol. The van der Waals surface area contributed by atoms with Crippen LogP contribution in [0.15, 0.2) is 0 Å². The van der Waals surface area contributed by atoms with Gasteiger partial charge >= 0.3 is 0 Å². The van der Waals surface area contributed by atoms with E-state index in [0.29, 0.717) is 0 Å². The molecule has 1 aliphatic carbocycles. The molecule has 0 spiro atoms. The Morgan fingerprint density at radius 2 is 1.82 bits per heavy atom. The lowest BCUT2D eigenvalue weighted by Gasteiger charge is -2.21. The second kappa shape index (κ2) is 6.59. The molecule has 1 fully saturated rings. The Labute approximate surface area is 102 Å². The van der Waals surface area contributed by atoms with Crippen molar-refractivity contribution in [3.05, 3.63) is 0 Å². The third-order valence-electron chi connectivity index (χ3n) is 2.94. The summed E-state index contributed by atoms with van der Waals surface area (Å²) in [6, 6.07) is -0.533. The first-order valence-electron chi connectivity index (χ1n) is 6.23. The van der Waals surface area contributed by atoms with Gasteiger partial charge in [-0.3, -0.25) is 14.4 Å². The first-order chi connectivity index (χ1) is 8.00. The lowest BCUT2D eigenvalue weighted by atomic mass is 10.0. The van der Waals surface area contributed by atoms with Crippen LogP contribution in [0.5, 0.6) is 0 Å². The zero-order valence-corrected chi connectivity index (χ0v) is 10.8. The second-order valence-electron chi connectivity index (χ2n) is 4.91. The van der Waals surface area contributed by atoms with Crippen LogP contribution in [0.1, 0.15) is 46.5 Å². The summed E-state index contributed by atoms with van der Waals surface area (Å²) in [5.74, 6) is -0.451. The molecule has 0 aromatic rings. The number of carbonyl (C=O) groups is 2. The number of hydrogen-bond donors (Lipinski definition) is 2. The molecule has 0 bridgehead atoms. The van der Waals surface area contributed by atoms with Gasteiger partial charge in [0.1, 0.15) is 6.04 Å². The van der Waals surface area contributed by atoms with E-state index in [4.69, 9.17) is 4.84 Å². The molecule has 2 amide bonds. The van der Waals surface area contributed by atoms with Gasteiger partial charge in [0.2, 0.25) is 5.91 Å². The molecule has 1 aliphatic rings. The number of carbonyl (C=O) groups excluding carboxylic acids is 2. The van der Waals surface area contributed by atoms with Gasteiger partial charge in [0.25, 0.3) is 5.91 Å². The van der Waals surface area contributed by atoms with E-state index in [9.17, 15) is 9.59 Å². The van der Waals surface area contributed by atoms with E-state index in [2.05, 4.69) is 10.8 Å². The molecule has 1 atom stereocenters. The van der Waals surface area contributed by atoms with Gasteiger partial charge in [-0.25, -0.2) is 5.48 Å². The second-order valence-corrected chi connectivity index (χ2v) is 4.91.